The van der Waals surface area contributed by atoms with Gasteiger partial charge in [-0.2, -0.15) is 0 Å². The second kappa shape index (κ2) is 4.53. The lowest BCUT2D eigenvalue weighted by Crippen LogP contribution is -2.52. The van der Waals surface area contributed by atoms with Crippen LogP contribution in [0.2, 0.25) is 0 Å². The molecule has 86 valence electrons. The summed E-state index contributed by atoms with van der Waals surface area (Å²) in [4.78, 5) is 13.4. The van der Waals surface area contributed by atoms with E-state index in [1.807, 2.05) is 31.2 Å². The minimum atomic E-state index is -0.0877. The predicted octanol–water partition coefficient (Wildman–Crippen LogP) is 1.45. The van der Waals surface area contributed by atoms with Crippen molar-refractivity contribution in [1.29, 1.82) is 0 Å². The number of aliphatic hydroxyl groups excluding tert-OH is 1. The molecule has 0 atom stereocenters. The Morgan fingerprint density at radius 3 is 2.94 bits per heavy atom. The number of hydrogen-bond donors (Lipinski definition) is 2. The lowest BCUT2D eigenvalue weighted by molar-refractivity contribution is 0.0838. The van der Waals surface area contributed by atoms with Gasteiger partial charge in [0, 0.05) is 31.3 Å². The summed E-state index contributed by atoms with van der Waals surface area (Å²) in [6, 6.07) is 7.61. The number of anilines is 1. The molecule has 1 fully saturated rings. The van der Waals surface area contributed by atoms with Gasteiger partial charge >= 0.3 is 6.03 Å². The van der Waals surface area contributed by atoms with Gasteiger partial charge in [-0.25, -0.2) is 4.79 Å². The highest BCUT2D eigenvalue weighted by Gasteiger charge is 2.29. The average molecular weight is 220 g/mol. The van der Waals surface area contributed by atoms with Gasteiger partial charge in [-0.1, -0.05) is 12.1 Å². The minimum Gasteiger partial charge on any atom is -0.396 e. The van der Waals surface area contributed by atoms with Crippen molar-refractivity contribution in [3.8, 4) is 0 Å². The Balaban J connectivity index is 1.89. The van der Waals surface area contributed by atoms with Gasteiger partial charge in [0.1, 0.15) is 0 Å². The molecular weight excluding hydrogens is 204 g/mol. The summed E-state index contributed by atoms with van der Waals surface area (Å²) in [5.41, 5.74) is 1.94. The van der Waals surface area contributed by atoms with Crippen molar-refractivity contribution in [2.45, 2.75) is 6.92 Å². The molecule has 1 aromatic carbocycles. The van der Waals surface area contributed by atoms with Crippen molar-refractivity contribution in [3.63, 3.8) is 0 Å². The van der Waals surface area contributed by atoms with Crippen molar-refractivity contribution in [3.05, 3.63) is 29.8 Å². The Morgan fingerprint density at radius 1 is 1.56 bits per heavy atom. The van der Waals surface area contributed by atoms with Gasteiger partial charge in [0.2, 0.25) is 0 Å². The number of carbonyl (C=O) groups is 1. The first kappa shape index (κ1) is 11.0. The highest BCUT2D eigenvalue weighted by molar-refractivity contribution is 5.89. The summed E-state index contributed by atoms with van der Waals surface area (Å²) < 4.78 is 0. The van der Waals surface area contributed by atoms with E-state index in [2.05, 4.69) is 5.32 Å². The number of aliphatic hydroxyl groups is 1. The lowest BCUT2D eigenvalue weighted by atomic mass is 10.0. The Labute approximate surface area is 94.9 Å². The third-order valence-electron chi connectivity index (χ3n) is 2.77. The van der Waals surface area contributed by atoms with Gasteiger partial charge in [-0.15, -0.1) is 0 Å². The minimum absolute atomic E-state index is 0.0877. The molecule has 16 heavy (non-hydrogen) atoms. The van der Waals surface area contributed by atoms with Gasteiger partial charge < -0.3 is 15.3 Å². The molecule has 1 aliphatic rings. The highest BCUT2D eigenvalue weighted by atomic mass is 16.3. The van der Waals surface area contributed by atoms with Crippen LogP contribution in [0.25, 0.3) is 0 Å². The second-order valence-electron chi connectivity index (χ2n) is 4.25. The molecule has 1 heterocycles. The molecule has 1 aliphatic heterocycles. The van der Waals surface area contributed by atoms with Crippen LogP contribution in [-0.4, -0.2) is 35.7 Å². The normalized spacial score (nSPS) is 15.8. The van der Waals surface area contributed by atoms with Crippen LogP contribution in [0.1, 0.15) is 5.56 Å². The Bertz CT molecular complexity index is 386. The summed E-state index contributed by atoms with van der Waals surface area (Å²) in [7, 11) is 0. The molecule has 1 aromatic rings. The van der Waals surface area contributed by atoms with Crippen LogP contribution in [0.3, 0.4) is 0 Å². The molecular formula is C12H16N2O2. The molecule has 1 saturated heterocycles. The van der Waals surface area contributed by atoms with E-state index >= 15 is 0 Å². The average Bonchev–Trinajstić information content (AvgIpc) is 2.15. The number of amides is 2. The molecule has 2 rings (SSSR count). The Hall–Kier alpha value is -1.55. The molecule has 0 radical (unpaired) electrons. The summed E-state index contributed by atoms with van der Waals surface area (Å²) >= 11 is 0. The van der Waals surface area contributed by atoms with Crippen molar-refractivity contribution < 1.29 is 9.90 Å². The van der Waals surface area contributed by atoms with Crippen molar-refractivity contribution in [1.82, 2.24) is 4.90 Å². The zero-order chi connectivity index (χ0) is 11.5. The van der Waals surface area contributed by atoms with E-state index in [9.17, 15) is 4.79 Å². The quantitative estimate of drug-likeness (QED) is 0.792. The summed E-state index contributed by atoms with van der Waals surface area (Å²) in [6.07, 6.45) is 0. The van der Waals surface area contributed by atoms with Crippen molar-refractivity contribution in [2.75, 3.05) is 25.0 Å². The summed E-state index contributed by atoms with van der Waals surface area (Å²) in [5.74, 6) is 0.253. The number of nitrogens with zero attached hydrogens (tertiary/aromatic N) is 1. The lowest BCUT2D eigenvalue weighted by Gasteiger charge is -2.38. The van der Waals surface area contributed by atoms with Crippen molar-refractivity contribution in [2.24, 2.45) is 5.92 Å². The van der Waals surface area contributed by atoms with Gasteiger partial charge in [0.05, 0.1) is 0 Å². The molecule has 0 saturated carbocycles. The number of benzene rings is 1. The van der Waals surface area contributed by atoms with Gasteiger partial charge in [0.15, 0.2) is 0 Å². The van der Waals surface area contributed by atoms with E-state index in [4.69, 9.17) is 5.11 Å². The van der Waals surface area contributed by atoms with E-state index in [1.54, 1.807) is 4.90 Å². The fourth-order valence-corrected chi connectivity index (χ4v) is 1.78. The standard InChI is InChI=1S/C12H16N2O2/c1-9-3-2-4-11(5-9)13-12(16)14-6-10(7-14)8-15/h2-5,10,15H,6-8H2,1H3,(H,13,16). The number of likely N-dealkylation sites (tertiary alicyclic amines) is 1. The first-order chi connectivity index (χ1) is 7.69. The maximum atomic E-state index is 11.7. The monoisotopic (exact) mass is 220 g/mol. The first-order valence-electron chi connectivity index (χ1n) is 5.42. The van der Waals surface area contributed by atoms with Gasteiger partial charge in [-0.05, 0) is 24.6 Å². The van der Waals surface area contributed by atoms with Crippen LogP contribution in [-0.2, 0) is 0 Å². The molecule has 2 amide bonds. The maximum Gasteiger partial charge on any atom is 0.321 e. The molecule has 0 aromatic heterocycles. The van der Waals surface area contributed by atoms with Gasteiger partial charge in [-0.3, -0.25) is 0 Å². The zero-order valence-electron chi connectivity index (χ0n) is 9.31. The number of hydrogen-bond acceptors (Lipinski definition) is 2. The highest BCUT2D eigenvalue weighted by Crippen LogP contribution is 2.17. The number of aryl methyl sites for hydroxylation is 1. The third-order valence-corrected chi connectivity index (χ3v) is 2.77. The van der Waals surface area contributed by atoms with Crippen LogP contribution in [0.4, 0.5) is 10.5 Å². The number of nitrogens with one attached hydrogen (secondary N) is 1. The van der Waals surface area contributed by atoms with Crippen LogP contribution in [0.15, 0.2) is 24.3 Å². The van der Waals surface area contributed by atoms with Crippen LogP contribution >= 0.6 is 0 Å². The molecule has 0 spiro atoms. The molecule has 4 heteroatoms. The van der Waals surface area contributed by atoms with E-state index in [1.165, 1.54) is 0 Å². The SMILES string of the molecule is Cc1cccc(NC(=O)N2CC(CO)C2)c1. The van der Waals surface area contributed by atoms with Crippen LogP contribution in [0, 0.1) is 12.8 Å². The van der Waals surface area contributed by atoms with E-state index < -0.39 is 0 Å². The van der Waals surface area contributed by atoms with E-state index in [0.29, 0.717) is 13.1 Å². The first-order valence-corrected chi connectivity index (χ1v) is 5.42. The molecule has 4 nitrogen and oxygen atoms in total. The summed E-state index contributed by atoms with van der Waals surface area (Å²) in [6.45, 7) is 3.44. The molecule has 2 N–H and O–H groups in total. The number of carbonyl (C=O) groups excluding carboxylic acids is 1. The Morgan fingerprint density at radius 2 is 2.31 bits per heavy atom. The zero-order valence-corrected chi connectivity index (χ0v) is 9.31. The smallest absolute Gasteiger partial charge is 0.321 e. The second-order valence-corrected chi connectivity index (χ2v) is 4.25. The maximum absolute atomic E-state index is 11.7. The van der Waals surface area contributed by atoms with Crippen molar-refractivity contribution >= 4 is 11.7 Å². The third kappa shape index (κ3) is 2.33. The van der Waals surface area contributed by atoms with Crippen LogP contribution < -0.4 is 5.32 Å². The fraction of sp³-hybridized carbons (Fsp3) is 0.417. The van der Waals surface area contributed by atoms with E-state index in [-0.39, 0.29) is 18.6 Å². The molecule has 0 unspecified atom stereocenters. The molecule has 0 aliphatic carbocycles. The number of rotatable bonds is 2. The topological polar surface area (TPSA) is 52.6 Å². The Kier molecular flexibility index (Phi) is 3.10. The number of urea groups is 1. The van der Waals surface area contributed by atoms with Gasteiger partial charge in [0.25, 0.3) is 0 Å². The predicted molar refractivity (Wildman–Crippen MR) is 62.3 cm³/mol. The van der Waals surface area contributed by atoms with Crippen LogP contribution in [0.5, 0.6) is 0 Å². The molecule has 0 bridgehead atoms. The largest absolute Gasteiger partial charge is 0.396 e. The fourth-order valence-electron chi connectivity index (χ4n) is 1.78. The summed E-state index contributed by atoms with van der Waals surface area (Å²) in [5, 5.41) is 11.7. The van der Waals surface area contributed by atoms with E-state index in [0.717, 1.165) is 11.3 Å².